The minimum Gasteiger partial charge on any atom is -0.493 e. The molecule has 1 heterocycles. The number of nitrogens with zero attached hydrogens (tertiary/aromatic N) is 1. The summed E-state index contributed by atoms with van der Waals surface area (Å²) in [5.41, 5.74) is -0.787. The Balaban J connectivity index is 2.13. The van der Waals surface area contributed by atoms with Gasteiger partial charge in [0.1, 0.15) is 10.4 Å². The van der Waals surface area contributed by atoms with Crippen LogP contribution in [0.5, 0.6) is 11.5 Å². The third-order valence-electron chi connectivity index (χ3n) is 3.56. The Morgan fingerprint density at radius 3 is 2.34 bits per heavy atom. The van der Waals surface area contributed by atoms with Crippen molar-refractivity contribution in [2.24, 2.45) is 0 Å². The van der Waals surface area contributed by atoms with Gasteiger partial charge in [0.15, 0.2) is 18.1 Å². The molecule has 0 saturated heterocycles. The molecule has 2 aromatic rings. The second-order valence-electron chi connectivity index (χ2n) is 5.26. The lowest BCUT2D eigenvalue weighted by Gasteiger charge is -2.10. The first-order valence-electron chi connectivity index (χ1n) is 7.85. The lowest BCUT2D eigenvalue weighted by molar-refractivity contribution is -0.385. The average Bonchev–Trinajstić information content (AvgIpc) is 3.18. The average molecular weight is 424 g/mol. The first-order chi connectivity index (χ1) is 13.8. The number of benzene rings is 1. The van der Waals surface area contributed by atoms with Crippen LogP contribution in [0.3, 0.4) is 0 Å². The highest BCUT2D eigenvalue weighted by atomic mass is 32.1. The molecule has 0 spiro atoms. The van der Waals surface area contributed by atoms with E-state index in [-0.39, 0.29) is 22.1 Å². The number of ether oxygens (including phenoxy) is 4. The standard InChI is InChI=1S/C17H16N2O9S/c1-25-12-6-9(11(19(23)24)7-13(12)26-2)16(21)28-8-14(20)18-10-4-5-29-15(10)17(22)27-3/h4-7H,8H2,1-3H3,(H,18,20). The van der Waals surface area contributed by atoms with Crippen LogP contribution < -0.4 is 14.8 Å². The van der Waals surface area contributed by atoms with Gasteiger partial charge in [-0.25, -0.2) is 9.59 Å². The SMILES string of the molecule is COC(=O)c1sccc1NC(=O)COC(=O)c1cc(OC)c(OC)cc1[N+](=O)[O-]. The van der Waals surface area contributed by atoms with E-state index in [1.54, 1.807) is 5.38 Å². The molecule has 1 aromatic carbocycles. The highest BCUT2D eigenvalue weighted by Gasteiger charge is 2.26. The maximum atomic E-state index is 12.3. The Labute approximate surface area is 168 Å². The Morgan fingerprint density at radius 1 is 1.10 bits per heavy atom. The number of carbonyl (C=O) groups is 3. The van der Waals surface area contributed by atoms with Crippen molar-refractivity contribution in [3.8, 4) is 11.5 Å². The number of anilines is 1. The minimum absolute atomic E-state index is 0.0568. The number of hydrogen-bond donors (Lipinski definition) is 1. The summed E-state index contributed by atoms with van der Waals surface area (Å²) in [4.78, 5) is 46.6. The number of methoxy groups -OCH3 is 3. The number of nitro groups is 1. The monoisotopic (exact) mass is 424 g/mol. The van der Waals surface area contributed by atoms with Crippen molar-refractivity contribution in [1.82, 2.24) is 0 Å². The first-order valence-corrected chi connectivity index (χ1v) is 8.73. The topological polar surface area (TPSA) is 143 Å². The van der Waals surface area contributed by atoms with Crippen LogP contribution in [0.15, 0.2) is 23.6 Å². The van der Waals surface area contributed by atoms with Crippen LogP contribution in [0, 0.1) is 10.1 Å². The zero-order valence-corrected chi connectivity index (χ0v) is 16.4. The van der Waals surface area contributed by atoms with E-state index in [4.69, 9.17) is 14.2 Å². The fourth-order valence-corrected chi connectivity index (χ4v) is 3.00. The molecule has 0 aliphatic rings. The first kappa shape index (κ1) is 21.6. The number of rotatable bonds is 8. The Bertz CT molecular complexity index is 954. The van der Waals surface area contributed by atoms with Crippen LogP contribution >= 0.6 is 11.3 Å². The molecule has 154 valence electrons. The maximum Gasteiger partial charge on any atom is 0.350 e. The van der Waals surface area contributed by atoms with E-state index in [1.807, 2.05) is 0 Å². The van der Waals surface area contributed by atoms with Crippen molar-refractivity contribution in [3.63, 3.8) is 0 Å². The maximum absolute atomic E-state index is 12.3. The summed E-state index contributed by atoms with van der Waals surface area (Å²) in [5, 5.41) is 15.2. The summed E-state index contributed by atoms with van der Waals surface area (Å²) in [6.45, 7) is -0.735. The van der Waals surface area contributed by atoms with Gasteiger partial charge in [0, 0.05) is 6.07 Å². The molecule has 0 aliphatic heterocycles. The summed E-state index contributed by atoms with van der Waals surface area (Å²) >= 11 is 1.06. The molecular formula is C17H16N2O9S. The van der Waals surface area contributed by atoms with Crippen LogP contribution in [-0.4, -0.2) is 50.7 Å². The number of esters is 2. The fourth-order valence-electron chi connectivity index (χ4n) is 2.24. The zero-order chi connectivity index (χ0) is 21.6. The molecule has 0 radical (unpaired) electrons. The molecule has 0 saturated carbocycles. The van der Waals surface area contributed by atoms with E-state index >= 15 is 0 Å². The molecule has 1 N–H and O–H groups in total. The predicted molar refractivity (Wildman–Crippen MR) is 101 cm³/mol. The summed E-state index contributed by atoms with van der Waals surface area (Å²) < 4.78 is 19.5. The van der Waals surface area contributed by atoms with Crippen molar-refractivity contribution < 1.29 is 38.3 Å². The van der Waals surface area contributed by atoms with E-state index < -0.39 is 40.6 Å². The molecule has 1 amide bonds. The van der Waals surface area contributed by atoms with E-state index in [1.165, 1.54) is 27.4 Å². The van der Waals surface area contributed by atoms with Gasteiger partial charge in [-0.15, -0.1) is 11.3 Å². The molecule has 2 rings (SSSR count). The predicted octanol–water partition coefficient (Wildman–Crippen LogP) is 2.26. The minimum atomic E-state index is -1.11. The molecule has 29 heavy (non-hydrogen) atoms. The Morgan fingerprint density at radius 2 is 1.76 bits per heavy atom. The quantitative estimate of drug-likeness (QED) is 0.383. The molecule has 0 atom stereocenters. The van der Waals surface area contributed by atoms with Gasteiger partial charge in [-0.2, -0.15) is 0 Å². The van der Waals surface area contributed by atoms with Crippen LogP contribution in [0.1, 0.15) is 20.0 Å². The fraction of sp³-hybridized carbons (Fsp3) is 0.235. The molecule has 0 fully saturated rings. The third-order valence-corrected chi connectivity index (χ3v) is 4.46. The van der Waals surface area contributed by atoms with E-state index in [2.05, 4.69) is 10.1 Å². The van der Waals surface area contributed by atoms with Crippen LogP contribution in [0.2, 0.25) is 0 Å². The van der Waals surface area contributed by atoms with Crippen molar-refractivity contribution in [3.05, 3.63) is 44.1 Å². The summed E-state index contributed by atoms with van der Waals surface area (Å²) in [6, 6.07) is 3.59. The van der Waals surface area contributed by atoms with Gasteiger partial charge in [0.2, 0.25) is 0 Å². The lowest BCUT2D eigenvalue weighted by atomic mass is 10.1. The summed E-state index contributed by atoms with van der Waals surface area (Å²) in [6.07, 6.45) is 0. The van der Waals surface area contributed by atoms with Crippen molar-refractivity contribution in [2.75, 3.05) is 33.3 Å². The van der Waals surface area contributed by atoms with Gasteiger partial charge in [-0.05, 0) is 11.4 Å². The highest BCUT2D eigenvalue weighted by molar-refractivity contribution is 7.12. The molecule has 0 unspecified atom stereocenters. The second kappa shape index (κ2) is 9.50. The number of thiophene rings is 1. The molecule has 0 bridgehead atoms. The summed E-state index contributed by atoms with van der Waals surface area (Å²) in [7, 11) is 3.79. The van der Waals surface area contributed by atoms with Crippen LogP contribution in [-0.2, 0) is 14.3 Å². The van der Waals surface area contributed by atoms with Gasteiger partial charge >= 0.3 is 11.9 Å². The van der Waals surface area contributed by atoms with Gasteiger partial charge in [-0.1, -0.05) is 0 Å². The third kappa shape index (κ3) is 4.99. The van der Waals surface area contributed by atoms with Crippen LogP contribution in [0.4, 0.5) is 11.4 Å². The van der Waals surface area contributed by atoms with E-state index in [0.717, 1.165) is 23.5 Å². The highest BCUT2D eigenvalue weighted by Crippen LogP contribution is 2.34. The number of nitrogens with one attached hydrogen (secondary N) is 1. The van der Waals surface area contributed by atoms with Gasteiger partial charge in [-0.3, -0.25) is 14.9 Å². The van der Waals surface area contributed by atoms with Gasteiger partial charge < -0.3 is 24.3 Å². The van der Waals surface area contributed by atoms with Crippen molar-refractivity contribution in [1.29, 1.82) is 0 Å². The largest absolute Gasteiger partial charge is 0.493 e. The number of nitro benzene ring substituents is 1. The molecule has 0 aliphatic carbocycles. The second-order valence-corrected chi connectivity index (χ2v) is 6.18. The zero-order valence-electron chi connectivity index (χ0n) is 15.5. The van der Waals surface area contributed by atoms with Gasteiger partial charge in [0.05, 0.1) is 38.0 Å². The number of amides is 1. The van der Waals surface area contributed by atoms with Crippen LogP contribution in [0.25, 0.3) is 0 Å². The molecule has 1 aromatic heterocycles. The molecular weight excluding hydrogens is 408 g/mol. The Kier molecular flexibility index (Phi) is 7.09. The van der Waals surface area contributed by atoms with Crippen molar-refractivity contribution >= 4 is 40.6 Å². The molecule has 11 nitrogen and oxygen atoms in total. The van der Waals surface area contributed by atoms with E-state index in [0.29, 0.717) is 0 Å². The van der Waals surface area contributed by atoms with Gasteiger partial charge in [0.25, 0.3) is 11.6 Å². The normalized spacial score (nSPS) is 10.0. The number of hydrogen-bond acceptors (Lipinski definition) is 10. The van der Waals surface area contributed by atoms with E-state index in [9.17, 15) is 24.5 Å². The smallest absolute Gasteiger partial charge is 0.350 e. The van der Waals surface area contributed by atoms with Crippen molar-refractivity contribution in [2.45, 2.75) is 0 Å². The molecule has 12 heteroatoms. The summed E-state index contributed by atoms with van der Waals surface area (Å²) in [5.74, 6) is -2.35. The lowest BCUT2D eigenvalue weighted by Crippen LogP contribution is -2.22. The number of carbonyl (C=O) groups excluding carboxylic acids is 3. The Hall–Kier alpha value is -3.67.